The van der Waals surface area contributed by atoms with E-state index in [9.17, 15) is 9.59 Å². The molecule has 0 saturated carbocycles. The van der Waals surface area contributed by atoms with E-state index in [0.29, 0.717) is 28.8 Å². The van der Waals surface area contributed by atoms with Gasteiger partial charge in [0.25, 0.3) is 0 Å². The van der Waals surface area contributed by atoms with Crippen LogP contribution in [0.15, 0.2) is 82.4 Å². The van der Waals surface area contributed by atoms with Gasteiger partial charge in [0.05, 0.1) is 11.9 Å². The van der Waals surface area contributed by atoms with Crippen LogP contribution in [-0.2, 0) is 4.79 Å². The number of nitrogens with zero attached hydrogens (tertiary/aromatic N) is 3. The highest BCUT2D eigenvalue weighted by atomic mass is 79.9. The van der Waals surface area contributed by atoms with Crippen molar-refractivity contribution in [2.75, 3.05) is 11.9 Å². The lowest BCUT2D eigenvalue weighted by atomic mass is 10.1. The van der Waals surface area contributed by atoms with E-state index in [2.05, 4.69) is 31.4 Å². The molecule has 1 aromatic heterocycles. The van der Waals surface area contributed by atoms with Gasteiger partial charge in [0.15, 0.2) is 16.8 Å². The van der Waals surface area contributed by atoms with Gasteiger partial charge in [-0.1, -0.05) is 52.0 Å². The molecule has 1 amide bonds. The standard InChI is InChI=1S/C27H25BrN4O3S/c1-4-35-24-14-12-23(13-15-24)32-25(19-8-10-21(28)11-9-19)30-31-27(32)36-18(3)26(34)29-22-7-5-6-20(16-22)17(2)33/h5-16,18H,4H2,1-3H3,(H,29,34). The van der Waals surface area contributed by atoms with Crippen molar-refractivity contribution in [3.05, 3.63) is 82.8 Å². The molecule has 1 unspecified atom stereocenters. The first-order valence-corrected chi connectivity index (χ1v) is 13.1. The zero-order chi connectivity index (χ0) is 25.7. The van der Waals surface area contributed by atoms with Gasteiger partial charge in [0, 0.05) is 27.0 Å². The van der Waals surface area contributed by atoms with Crippen molar-refractivity contribution in [3.8, 4) is 22.8 Å². The minimum atomic E-state index is -0.477. The summed E-state index contributed by atoms with van der Waals surface area (Å²) in [5.41, 5.74) is 2.86. The van der Waals surface area contributed by atoms with Gasteiger partial charge in [-0.05, 0) is 69.3 Å². The molecule has 4 aromatic rings. The van der Waals surface area contributed by atoms with Crippen LogP contribution in [0.2, 0.25) is 0 Å². The second-order valence-electron chi connectivity index (χ2n) is 7.96. The SMILES string of the molecule is CCOc1ccc(-n2c(SC(C)C(=O)Nc3cccc(C(C)=O)c3)nnc2-c2ccc(Br)cc2)cc1. The Morgan fingerprint density at radius 3 is 2.44 bits per heavy atom. The number of amides is 1. The molecule has 36 heavy (non-hydrogen) atoms. The molecular weight excluding hydrogens is 540 g/mol. The largest absolute Gasteiger partial charge is 0.494 e. The molecule has 0 spiro atoms. The fraction of sp³-hybridized carbons (Fsp3) is 0.185. The number of Topliss-reactive ketones (excluding diaryl/α,β-unsaturated/α-hetero) is 1. The molecule has 0 aliphatic rings. The molecule has 1 N–H and O–H groups in total. The van der Waals surface area contributed by atoms with Gasteiger partial charge < -0.3 is 10.1 Å². The van der Waals surface area contributed by atoms with Crippen molar-refractivity contribution in [2.24, 2.45) is 0 Å². The van der Waals surface area contributed by atoms with Crippen LogP contribution < -0.4 is 10.1 Å². The summed E-state index contributed by atoms with van der Waals surface area (Å²) in [6.45, 7) is 5.83. The third kappa shape index (κ3) is 6.03. The van der Waals surface area contributed by atoms with Crippen molar-refractivity contribution in [2.45, 2.75) is 31.2 Å². The van der Waals surface area contributed by atoms with Crippen molar-refractivity contribution in [1.82, 2.24) is 14.8 Å². The summed E-state index contributed by atoms with van der Waals surface area (Å²) in [6, 6.07) is 22.4. The Labute approximate surface area is 222 Å². The van der Waals surface area contributed by atoms with E-state index < -0.39 is 5.25 Å². The molecule has 0 bridgehead atoms. The number of halogens is 1. The molecule has 184 valence electrons. The van der Waals surface area contributed by atoms with E-state index in [1.807, 2.05) is 66.9 Å². The number of hydrogen-bond acceptors (Lipinski definition) is 6. The first-order valence-electron chi connectivity index (χ1n) is 11.4. The fourth-order valence-electron chi connectivity index (χ4n) is 3.49. The first-order chi connectivity index (χ1) is 17.4. The van der Waals surface area contributed by atoms with Gasteiger partial charge in [-0.15, -0.1) is 10.2 Å². The summed E-state index contributed by atoms with van der Waals surface area (Å²) >= 11 is 4.78. The van der Waals surface area contributed by atoms with Crippen LogP contribution in [-0.4, -0.2) is 38.3 Å². The lowest BCUT2D eigenvalue weighted by molar-refractivity contribution is -0.115. The van der Waals surface area contributed by atoms with Crippen molar-refractivity contribution < 1.29 is 14.3 Å². The highest BCUT2D eigenvalue weighted by molar-refractivity contribution is 9.10. The smallest absolute Gasteiger partial charge is 0.237 e. The monoisotopic (exact) mass is 564 g/mol. The number of carbonyl (C=O) groups is 2. The maximum absolute atomic E-state index is 13.0. The fourth-order valence-corrected chi connectivity index (χ4v) is 4.63. The minimum Gasteiger partial charge on any atom is -0.494 e. The van der Waals surface area contributed by atoms with Crippen molar-refractivity contribution >= 4 is 45.1 Å². The number of nitrogens with one attached hydrogen (secondary N) is 1. The summed E-state index contributed by atoms with van der Waals surface area (Å²) in [6.07, 6.45) is 0. The maximum Gasteiger partial charge on any atom is 0.237 e. The van der Waals surface area contributed by atoms with Crippen LogP contribution in [0.25, 0.3) is 17.1 Å². The van der Waals surface area contributed by atoms with Crippen LogP contribution in [0.1, 0.15) is 31.1 Å². The van der Waals surface area contributed by atoms with Crippen molar-refractivity contribution in [1.29, 1.82) is 0 Å². The van der Waals surface area contributed by atoms with Gasteiger partial charge in [0.2, 0.25) is 5.91 Å². The number of thioether (sulfide) groups is 1. The third-order valence-corrected chi connectivity index (χ3v) is 6.90. The van der Waals surface area contributed by atoms with Gasteiger partial charge in [0.1, 0.15) is 5.75 Å². The second-order valence-corrected chi connectivity index (χ2v) is 10.2. The van der Waals surface area contributed by atoms with E-state index in [-0.39, 0.29) is 11.7 Å². The molecule has 0 aliphatic carbocycles. The van der Waals surface area contributed by atoms with E-state index in [0.717, 1.165) is 21.5 Å². The number of benzene rings is 3. The molecule has 9 heteroatoms. The topological polar surface area (TPSA) is 86.1 Å². The number of ether oxygens (including phenoxy) is 1. The Morgan fingerprint density at radius 1 is 1.06 bits per heavy atom. The molecule has 0 aliphatic heterocycles. The molecule has 1 heterocycles. The predicted molar refractivity (Wildman–Crippen MR) is 146 cm³/mol. The number of ketones is 1. The third-order valence-electron chi connectivity index (χ3n) is 5.33. The maximum atomic E-state index is 13.0. The van der Waals surface area contributed by atoms with Crippen LogP contribution in [0.5, 0.6) is 5.75 Å². The molecule has 0 saturated heterocycles. The Hall–Kier alpha value is -3.43. The van der Waals surface area contributed by atoms with E-state index in [1.165, 1.54) is 18.7 Å². The molecule has 3 aromatic carbocycles. The van der Waals surface area contributed by atoms with Crippen molar-refractivity contribution in [3.63, 3.8) is 0 Å². The average Bonchev–Trinajstić information content (AvgIpc) is 3.28. The van der Waals surface area contributed by atoms with Crippen LogP contribution in [0.4, 0.5) is 5.69 Å². The van der Waals surface area contributed by atoms with Gasteiger partial charge >= 0.3 is 0 Å². The normalized spacial score (nSPS) is 11.7. The van der Waals surface area contributed by atoms with Gasteiger partial charge in [-0.25, -0.2) is 0 Å². The Kier molecular flexibility index (Phi) is 8.22. The second kappa shape index (κ2) is 11.5. The van der Waals surface area contributed by atoms with Gasteiger partial charge in [-0.3, -0.25) is 14.2 Å². The Balaban J connectivity index is 1.63. The van der Waals surface area contributed by atoms with Crippen LogP contribution in [0.3, 0.4) is 0 Å². The number of carbonyl (C=O) groups excluding carboxylic acids is 2. The molecule has 0 radical (unpaired) electrons. The quantitative estimate of drug-likeness (QED) is 0.186. The Bertz CT molecular complexity index is 1370. The van der Waals surface area contributed by atoms with E-state index >= 15 is 0 Å². The van der Waals surface area contributed by atoms with E-state index in [4.69, 9.17) is 4.74 Å². The minimum absolute atomic E-state index is 0.0579. The molecule has 7 nitrogen and oxygen atoms in total. The summed E-state index contributed by atoms with van der Waals surface area (Å²) in [5, 5.41) is 11.9. The van der Waals surface area contributed by atoms with E-state index in [1.54, 1.807) is 24.3 Å². The highest BCUT2D eigenvalue weighted by Gasteiger charge is 2.22. The lowest BCUT2D eigenvalue weighted by Gasteiger charge is -2.15. The molecule has 1 atom stereocenters. The lowest BCUT2D eigenvalue weighted by Crippen LogP contribution is -2.23. The summed E-state index contributed by atoms with van der Waals surface area (Å²) in [7, 11) is 0. The molecular formula is C27H25BrN4O3S. The molecule has 4 rings (SSSR count). The summed E-state index contributed by atoms with van der Waals surface area (Å²) in [4.78, 5) is 24.7. The molecule has 0 fully saturated rings. The van der Waals surface area contributed by atoms with Crippen LogP contribution >= 0.6 is 27.7 Å². The average molecular weight is 565 g/mol. The number of aromatic nitrogens is 3. The zero-order valence-corrected chi connectivity index (χ0v) is 22.5. The number of anilines is 1. The number of rotatable bonds is 9. The predicted octanol–water partition coefficient (Wildman–Crippen LogP) is 6.42. The highest BCUT2D eigenvalue weighted by Crippen LogP contribution is 2.32. The zero-order valence-electron chi connectivity index (χ0n) is 20.1. The Morgan fingerprint density at radius 2 is 1.78 bits per heavy atom. The number of hydrogen-bond donors (Lipinski definition) is 1. The summed E-state index contributed by atoms with van der Waals surface area (Å²) in [5.74, 6) is 1.18. The van der Waals surface area contributed by atoms with Crippen LogP contribution in [0, 0.1) is 0 Å². The first kappa shape index (κ1) is 25.7. The summed E-state index contributed by atoms with van der Waals surface area (Å²) < 4.78 is 8.49. The van der Waals surface area contributed by atoms with Gasteiger partial charge in [-0.2, -0.15) is 0 Å².